The Morgan fingerprint density at radius 1 is 1.35 bits per heavy atom. The Kier molecular flexibility index (Phi) is 4.20. The molecule has 3 N–H and O–H groups in total. The zero-order valence-electron chi connectivity index (χ0n) is 16.7. The molecular formula is C21H20F2N4O4. The van der Waals surface area contributed by atoms with Gasteiger partial charge in [0.15, 0.2) is 11.4 Å². The number of pyridine rings is 1. The lowest BCUT2D eigenvalue weighted by Crippen LogP contribution is -2.60. The number of rotatable bonds is 3. The van der Waals surface area contributed by atoms with Crippen LogP contribution in [0.4, 0.5) is 8.78 Å². The minimum Gasteiger partial charge on any atom is -0.503 e. The quantitative estimate of drug-likeness (QED) is 0.675. The molecule has 3 aliphatic rings. The molecule has 2 unspecified atom stereocenters. The largest absolute Gasteiger partial charge is 0.503 e. The highest BCUT2D eigenvalue weighted by molar-refractivity contribution is 6.01. The van der Waals surface area contributed by atoms with Gasteiger partial charge in [0.1, 0.15) is 22.9 Å². The number of carbonyl (C=O) groups is 2. The topological polar surface area (TPSA) is 104 Å². The number of hydrogen-bond donors (Lipinski definition) is 3. The molecular weight excluding hydrogens is 410 g/mol. The molecule has 4 heterocycles. The minimum atomic E-state index is -0.928. The molecule has 1 aromatic heterocycles. The second kappa shape index (κ2) is 6.61. The second-order valence-corrected chi connectivity index (χ2v) is 8.22. The third-order valence-electron chi connectivity index (χ3n) is 6.61. The molecule has 0 bridgehead atoms. The standard InChI is InChI=1S/C21H20F2N4O4/c1-21-14-5-4-13-15(19(30)24-9-10-2-3-11(22)8-12(10)23)17(28)18(29)16(27(13)14)20(31)26(21)7-6-25-21/h2-3,8,14,25,29H,4-7,9H2,1H3,(H,24,30). The van der Waals surface area contributed by atoms with E-state index in [0.717, 1.165) is 6.07 Å². The molecule has 0 radical (unpaired) electrons. The van der Waals surface area contributed by atoms with Crippen molar-refractivity contribution in [3.8, 4) is 5.75 Å². The Hall–Kier alpha value is -3.27. The third kappa shape index (κ3) is 2.64. The van der Waals surface area contributed by atoms with E-state index in [1.54, 1.807) is 9.47 Å². The zero-order chi connectivity index (χ0) is 22.1. The van der Waals surface area contributed by atoms with Gasteiger partial charge in [0, 0.05) is 37.0 Å². The lowest BCUT2D eigenvalue weighted by molar-refractivity contribution is 0.0324. The van der Waals surface area contributed by atoms with Gasteiger partial charge in [-0.25, -0.2) is 8.78 Å². The highest BCUT2D eigenvalue weighted by Gasteiger charge is 2.55. The summed E-state index contributed by atoms with van der Waals surface area (Å²) >= 11 is 0. The molecule has 8 nitrogen and oxygen atoms in total. The Balaban J connectivity index is 1.56. The summed E-state index contributed by atoms with van der Waals surface area (Å²) in [6.45, 7) is 2.68. The highest BCUT2D eigenvalue weighted by Crippen LogP contribution is 2.45. The second-order valence-electron chi connectivity index (χ2n) is 8.22. The van der Waals surface area contributed by atoms with Gasteiger partial charge >= 0.3 is 0 Å². The first-order chi connectivity index (χ1) is 14.7. The van der Waals surface area contributed by atoms with E-state index >= 15 is 0 Å². The Bertz CT molecular complexity index is 1210. The first-order valence-corrected chi connectivity index (χ1v) is 10.0. The smallest absolute Gasteiger partial charge is 0.276 e. The minimum absolute atomic E-state index is 0.0554. The molecule has 0 aliphatic carbocycles. The monoisotopic (exact) mass is 430 g/mol. The van der Waals surface area contributed by atoms with Crippen molar-refractivity contribution in [2.24, 2.45) is 0 Å². The average molecular weight is 430 g/mol. The summed E-state index contributed by atoms with van der Waals surface area (Å²) in [7, 11) is 0. The van der Waals surface area contributed by atoms with Gasteiger partial charge in [0.05, 0.1) is 6.04 Å². The fraction of sp³-hybridized carbons (Fsp3) is 0.381. The van der Waals surface area contributed by atoms with E-state index in [-0.39, 0.29) is 29.4 Å². The van der Waals surface area contributed by atoms with Crippen molar-refractivity contribution < 1.29 is 23.5 Å². The van der Waals surface area contributed by atoms with Gasteiger partial charge in [-0.05, 0) is 25.8 Å². The molecule has 1 fully saturated rings. The number of carbonyl (C=O) groups excluding carboxylic acids is 2. The molecule has 0 saturated carbocycles. The number of halogens is 2. The third-order valence-corrected chi connectivity index (χ3v) is 6.61. The Labute approximate surface area is 175 Å². The van der Waals surface area contributed by atoms with Gasteiger partial charge in [-0.3, -0.25) is 19.7 Å². The van der Waals surface area contributed by atoms with Crippen molar-refractivity contribution in [2.75, 3.05) is 13.1 Å². The van der Waals surface area contributed by atoms with E-state index in [0.29, 0.717) is 37.7 Å². The number of aromatic hydroxyl groups is 1. The van der Waals surface area contributed by atoms with Crippen LogP contribution in [0.3, 0.4) is 0 Å². The van der Waals surface area contributed by atoms with Crippen LogP contribution in [0.2, 0.25) is 0 Å². The van der Waals surface area contributed by atoms with Crippen LogP contribution in [-0.2, 0) is 13.0 Å². The summed E-state index contributed by atoms with van der Waals surface area (Å²) < 4.78 is 28.6. The van der Waals surface area contributed by atoms with Crippen LogP contribution in [0.5, 0.6) is 5.75 Å². The van der Waals surface area contributed by atoms with Crippen LogP contribution in [0.1, 0.15) is 51.5 Å². The maximum absolute atomic E-state index is 13.9. The molecule has 2 atom stereocenters. The molecule has 2 amide bonds. The lowest BCUT2D eigenvalue weighted by atomic mass is 9.96. The summed E-state index contributed by atoms with van der Waals surface area (Å²) in [5.74, 6) is -3.55. The fourth-order valence-electron chi connectivity index (χ4n) is 5.10. The Morgan fingerprint density at radius 3 is 2.87 bits per heavy atom. The van der Waals surface area contributed by atoms with E-state index in [1.165, 1.54) is 6.07 Å². The summed E-state index contributed by atoms with van der Waals surface area (Å²) in [4.78, 5) is 40.5. The van der Waals surface area contributed by atoms with Crippen molar-refractivity contribution in [3.05, 3.63) is 62.6 Å². The first kappa shape index (κ1) is 19.7. The molecule has 5 rings (SSSR count). The molecule has 0 spiro atoms. The van der Waals surface area contributed by atoms with Crippen molar-refractivity contribution in [3.63, 3.8) is 0 Å². The van der Waals surface area contributed by atoms with Crippen molar-refractivity contribution in [1.82, 2.24) is 20.1 Å². The lowest BCUT2D eigenvalue weighted by Gasteiger charge is -2.45. The number of aromatic nitrogens is 1. The number of benzene rings is 1. The maximum Gasteiger partial charge on any atom is 0.276 e. The number of fused-ring (bicyclic) bond motifs is 2. The molecule has 3 aliphatic heterocycles. The molecule has 31 heavy (non-hydrogen) atoms. The summed E-state index contributed by atoms with van der Waals surface area (Å²) in [6.07, 6.45) is 0.954. The highest BCUT2D eigenvalue weighted by atomic mass is 19.1. The van der Waals surface area contributed by atoms with Crippen molar-refractivity contribution >= 4 is 11.8 Å². The normalized spacial score (nSPS) is 23.6. The number of nitrogens with one attached hydrogen (secondary N) is 2. The SMILES string of the molecule is CC12NCCN1C(=O)c1c(O)c(=O)c(C(=O)NCc3ccc(F)cc3F)c3n1C2CC3. The zero-order valence-corrected chi connectivity index (χ0v) is 16.7. The molecule has 1 aromatic carbocycles. The predicted molar refractivity (Wildman–Crippen MR) is 105 cm³/mol. The van der Waals surface area contributed by atoms with Gasteiger partial charge in [-0.15, -0.1) is 0 Å². The van der Waals surface area contributed by atoms with Gasteiger partial charge in [0.25, 0.3) is 11.8 Å². The van der Waals surface area contributed by atoms with Crippen LogP contribution in [0.15, 0.2) is 23.0 Å². The molecule has 10 heteroatoms. The predicted octanol–water partition coefficient (Wildman–Crippen LogP) is 1.02. The number of amides is 2. The molecule has 2 aromatic rings. The summed E-state index contributed by atoms with van der Waals surface area (Å²) in [5.41, 5.74) is -1.52. The van der Waals surface area contributed by atoms with Crippen LogP contribution >= 0.6 is 0 Å². The van der Waals surface area contributed by atoms with Gasteiger partial charge in [0.2, 0.25) is 5.43 Å². The first-order valence-electron chi connectivity index (χ1n) is 10.0. The van der Waals surface area contributed by atoms with Crippen LogP contribution in [0, 0.1) is 11.6 Å². The van der Waals surface area contributed by atoms with Crippen molar-refractivity contribution in [1.29, 1.82) is 0 Å². The number of nitrogens with zero attached hydrogens (tertiary/aromatic N) is 2. The summed E-state index contributed by atoms with van der Waals surface area (Å²) in [5, 5.41) is 16.4. The van der Waals surface area contributed by atoms with E-state index in [9.17, 15) is 28.3 Å². The van der Waals surface area contributed by atoms with Crippen LogP contribution < -0.4 is 16.1 Å². The van der Waals surface area contributed by atoms with E-state index in [4.69, 9.17) is 0 Å². The maximum atomic E-state index is 13.9. The average Bonchev–Trinajstić information content (AvgIpc) is 3.32. The van der Waals surface area contributed by atoms with Gasteiger partial charge in [-0.1, -0.05) is 6.07 Å². The van der Waals surface area contributed by atoms with Crippen LogP contribution in [-0.4, -0.2) is 45.1 Å². The van der Waals surface area contributed by atoms with E-state index < -0.39 is 40.3 Å². The van der Waals surface area contributed by atoms with Gasteiger partial charge in [-0.2, -0.15) is 0 Å². The van der Waals surface area contributed by atoms with Gasteiger partial charge < -0.3 is 19.9 Å². The van der Waals surface area contributed by atoms with Crippen LogP contribution in [0.25, 0.3) is 0 Å². The Morgan fingerprint density at radius 2 is 2.13 bits per heavy atom. The fourth-order valence-corrected chi connectivity index (χ4v) is 5.10. The van der Waals surface area contributed by atoms with E-state index in [2.05, 4.69) is 10.6 Å². The summed E-state index contributed by atoms with van der Waals surface area (Å²) in [6, 6.07) is 2.74. The molecule has 1 saturated heterocycles. The van der Waals surface area contributed by atoms with Crippen molar-refractivity contribution in [2.45, 2.75) is 38.0 Å². The number of hydrogen-bond acceptors (Lipinski definition) is 5. The van der Waals surface area contributed by atoms with E-state index in [1.807, 2.05) is 6.92 Å². The molecule has 162 valence electrons.